The van der Waals surface area contributed by atoms with Crippen LogP contribution < -0.4 is 20.1 Å². The van der Waals surface area contributed by atoms with Crippen LogP contribution in [0.2, 0.25) is 0 Å². The lowest BCUT2D eigenvalue weighted by atomic mass is 9.98. The molecule has 2 atom stereocenters. The van der Waals surface area contributed by atoms with Gasteiger partial charge < -0.3 is 20.1 Å². The summed E-state index contributed by atoms with van der Waals surface area (Å²) in [6.45, 7) is 1.97. The smallest absolute Gasteiger partial charge is 0.270 e. The Morgan fingerprint density at radius 1 is 1.36 bits per heavy atom. The number of carbonyl (C=O) groups is 2. The van der Waals surface area contributed by atoms with Crippen LogP contribution in [0.3, 0.4) is 0 Å². The highest BCUT2D eigenvalue weighted by Crippen LogP contribution is 2.33. The summed E-state index contributed by atoms with van der Waals surface area (Å²) in [6.07, 6.45) is -0.238. The first-order chi connectivity index (χ1) is 12.0. The van der Waals surface area contributed by atoms with Gasteiger partial charge in [-0.15, -0.1) is 0 Å². The minimum atomic E-state index is -0.761. The lowest BCUT2D eigenvalue weighted by Crippen LogP contribution is -2.40. The number of carbonyl (C=O) groups excluding carboxylic acids is 2. The van der Waals surface area contributed by atoms with Gasteiger partial charge in [0.05, 0.1) is 0 Å². The zero-order valence-corrected chi connectivity index (χ0v) is 13.9. The highest BCUT2D eigenvalue weighted by atomic mass is 16.6. The number of hydrogen-bond acceptors (Lipinski definition) is 5. The molecule has 3 heterocycles. The number of rotatable bonds is 2. The lowest BCUT2D eigenvalue weighted by molar-refractivity contribution is -0.125. The number of nitrogens with zero attached hydrogens (tertiary/aromatic N) is 2. The molecule has 2 aromatic rings. The van der Waals surface area contributed by atoms with Gasteiger partial charge in [0.1, 0.15) is 12.4 Å². The average Bonchev–Trinajstić information content (AvgIpc) is 2.90. The zero-order chi connectivity index (χ0) is 17.6. The van der Waals surface area contributed by atoms with E-state index in [4.69, 9.17) is 9.47 Å². The fourth-order valence-electron chi connectivity index (χ4n) is 3.00. The highest BCUT2D eigenvalue weighted by Gasteiger charge is 2.32. The number of ether oxygens (including phenoxy) is 2. The fraction of sp³-hybridized carbons (Fsp3) is 0.353. The van der Waals surface area contributed by atoms with Crippen molar-refractivity contribution < 1.29 is 19.1 Å². The molecule has 0 saturated heterocycles. The van der Waals surface area contributed by atoms with Crippen molar-refractivity contribution in [3.8, 4) is 11.5 Å². The number of benzene rings is 1. The molecule has 1 aromatic carbocycles. The summed E-state index contributed by atoms with van der Waals surface area (Å²) in [5, 5.41) is 9.93. The Bertz CT molecular complexity index is 860. The number of anilines is 2. The molecule has 0 saturated carbocycles. The number of fused-ring (bicyclic) bond motifs is 2. The van der Waals surface area contributed by atoms with Gasteiger partial charge in [-0.1, -0.05) is 19.1 Å². The molecule has 2 amide bonds. The van der Waals surface area contributed by atoms with E-state index in [0.29, 0.717) is 29.6 Å². The number of amides is 2. The van der Waals surface area contributed by atoms with Crippen LogP contribution in [-0.4, -0.2) is 34.3 Å². The van der Waals surface area contributed by atoms with Crippen LogP contribution >= 0.6 is 0 Å². The maximum atomic E-state index is 12.6. The molecule has 1 aromatic heterocycles. The predicted molar refractivity (Wildman–Crippen MR) is 89.7 cm³/mol. The van der Waals surface area contributed by atoms with E-state index in [9.17, 15) is 9.59 Å². The molecule has 4 rings (SSSR count). The Morgan fingerprint density at radius 3 is 2.92 bits per heavy atom. The summed E-state index contributed by atoms with van der Waals surface area (Å²) in [5.41, 5.74) is 0.820. The van der Waals surface area contributed by atoms with Crippen molar-refractivity contribution in [3.63, 3.8) is 0 Å². The van der Waals surface area contributed by atoms with Crippen LogP contribution in [0.25, 0.3) is 0 Å². The summed E-state index contributed by atoms with van der Waals surface area (Å²) in [4.78, 5) is 24.4. The van der Waals surface area contributed by atoms with Crippen LogP contribution in [0, 0.1) is 5.92 Å². The van der Waals surface area contributed by atoms with Crippen molar-refractivity contribution in [2.75, 3.05) is 17.2 Å². The third kappa shape index (κ3) is 2.69. The Kier molecular flexibility index (Phi) is 3.60. The number of para-hydroxylation sites is 2. The van der Waals surface area contributed by atoms with E-state index in [1.165, 1.54) is 0 Å². The van der Waals surface area contributed by atoms with Crippen LogP contribution in [-0.2, 0) is 23.1 Å². The van der Waals surface area contributed by atoms with Crippen molar-refractivity contribution >= 4 is 23.5 Å². The standard InChI is InChI=1S/C17H18N4O4/c1-9-7-10-14(20-21(2)15(10)19-16(9)22)18-17(23)13-8-24-11-5-3-4-6-12(11)25-13/h3-6,9,13H,7-8H2,1-2H3,(H,19,22)(H,18,20,23)/t9-,13+/m0/s1. The molecule has 8 heteroatoms. The number of hydrogen-bond donors (Lipinski definition) is 2. The Balaban J connectivity index is 1.53. The van der Waals surface area contributed by atoms with Gasteiger partial charge in [0.2, 0.25) is 12.0 Å². The van der Waals surface area contributed by atoms with Crippen LogP contribution in [0.15, 0.2) is 24.3 Å². The molecule has 0 bridgehead atoms. The molecule has 8 nitrogen and oxygen atoms in total. The Labute approximate surface area is 144 Å². The van der Waals surface area contributed by atoms with Crippen molar-refractivity contribution in [1.29, 1.82) is 0 Å². The van der Waals surface area contributed by atoms with E-state index in [-0.39, 0.29) is 24.3 Å². The minimum Gasteiger partial charge on any atom is -0.485 e. The predicted octanol–water partition coefficient (Wildman–Crippen LogP) is 1.33. The normalized spacial score (nSPS) is 21.3. The van der Waals surface area contributed by atoms with Crippen molar-refractivity contribution in [2.45, 2.75) is 19.4 Å². The van der Waals surface area contributed by atoms with Gasteiger partial charge in [-0.25, -0.2) is 0 Å². The quantitative estimate of drug-likeness (QED) is 0.859. The molecule has 130 valence electrons. The number of aryl methyl sites for hydroxylation is 1. The zero-order valence-electron chi connectivity index (χ0n) is 13.9. The number of nitrogens with one attached hydrogen (secondary N) is 2. The largest absolute Gasteiger partial charge is 0.485 e. The summed E-state index contributed by atoms with van der Waals surface area (Å²) >= 11 is 0. The van der Waals surface area contributed by atoms with Crippen molar-refractivity contribution in [3.05, 3.63) is 29.8 Å². The minimum absolute atomic E-state index is 0.0472. The highest BCUT2D eigenvalue weighted by molar-refractivity contribution is 5.99. The van der Waals surface area contributed by atoms with Crippen molar-refractivity contribution in [2.24, 2.45) is 13.0 Å². The van der Waals surface area contributed by atoms with Crippen LogP contribution in [0.1, 0.15) is 12.5 Å². The first-order valence-corrected chi connectivity index (χ1v) is 8.09. The van der Waals surface area contributed by atoms with E-state index in [0.717, 1.165) is 5.56 Å². The van der Waals surface area contributed by atoms with Crippen LogP contribution in [0.5, 0.6) is 11.5 Å². The number of aromatic nitrogens is 2. The van der Waals surface area contributed by atoms with Gasteiger partial charge in [-0.3, -0.25) is 14.3 Å². The van der Waals surface area contributed by atoms with Crippen molar-refractivity contribution in [1.82, 2.24) is 9.78 Å². The molecule has 0 aliphatic carbocycles. The molecule has 2 aliphatic heterocycles. The molecule has 25 heavy (non-hydrogen) atoms. The van der Waals surface area contributed by atoms with Crippen LogP contribution in [0.4, 0.5) is 11.6 Å². The maximum absolute atomic E-state index is 12.6. The summed E-state index contributed by atoms with van der Waals surface area (Å²) < 4.78 is 12.8. The molecule has 2 aliphatic rings. The van der Waals surface area contributed by atoms with E-state index in [1.807, 2.05) is 19.1 Å². The van der Waals surface area contributed by atoms with Gasteiger partial charge in [-0.05, 0) is 18.6 Å². The van der Waals surface area contributed by atoms with E-state index in [2.05, 4.69) is 15.7 Å². The van der Waals surface area contributed by atoms with Gasteiger partial charge in [-0.2, -0.15) is 5.10 Å². The maximum Gasteiger partial charge on any atom is 0.270 e. The summed E-state index contributed by atoms with van der Waals surface area (Å²) in [6, 6.07) is 7.22. The second kappa shape index (κ2) is 5.80. The fourth-order valence-corrected chi connectivity index (χ4v) is 3.00. The molecule has 0 spiro atoms. The second-order valence-electron chi connectivity index (χ2n) is 6.25. The topological polar surface area (TPSA) is 94.5 Å². The van der Waals surface area contributed by atoms with Gasteiger partial charge in [0.25, 0.3) is 5.91 Å². The molecule has 2 N–H and O–H groups in total. The third-order valence-corrected chi connectivity index (χ3v) is 4.39. The molecular weight excluding hydrogens is 324 g/mol. The molecule has 0 fully saturated rings. The van der Waals surface area contributed by atoms with E-state index < -0.39 is 6.10 Å². The third-order valence-electron chi connectivity index (χ3n) is 4.39. The first-order valence-electron chi connectivity index (χ1n) is 8.09. The van der Waals surface area contributed by atoms with Gasteiger partial charge >= 0.3 is 0 Å². The van der Waals surface area contributed by atoms with Gasteiger partial charge in [0.15, 0.2) is 17.3 Å². The Hall–Kier alpha value is -3.03. The average molecular weight is 342 g/mol. The molecular formula is C17H18N4O4. The monoisotopic (exact) mass is 342 g/mol. The van der Waals surface area contributed by atoms with E-state index in [1.54, 1.807) is 23.9 Å². The SMILES string of the molecule is C[C@H]1Cc2c(NC(=O)[C@H]3COc4ccccc4O3)nn(C)c2NC1=O. The molecule has 0 radical (unpaired) electrons. The Morgan fingerprint density at radius 2 is 2.12 bits per heavy atom. The van der Waals surface area contributed by atoms with Gasteiger partial charge in [0, 0.05) is 18.5 Å². The second-order valence-corrected chi connectivity index (χ2v) is 6.25. The molecule has 0 unspecified atom stereocenters. The first kappa shape index (κ1) is 15.5. The van der Waals surface area contributed by atoms with E-state index >= 15 is 0 Å². The summed E-state index contributed by atoms with van der Waals surface area (Å²) in [5.74, 6) is 1.67. The lowest BCUT2D eigenvalue weighted by Gasteiger charge is -2.25. The summed E-state index contributed by atoms with van der Waals surface area (Å²) in [7, 11) is 1.72.